The molecular formula is C12H20N4O. The van der Waals surface area contributed by atoms with Crippen LogP contribution < -0.4 is 5.73 Å². The molecule has 0 spiro atoms. The second-order valence-corrected chi connectivity index (χ2v) is 5.02. The summed E-state index contributed by atoms with van der Waals surface area (Å²) in [5.41, 5.74) is 8.12. The maximum absolute atomic E-state index is 5.66. The Bertz CT molecular complexity index is 380. The molecule has 0 radical (unpaired) electrons. The number of rotatable bonds is 4. The summed E-state index contributed by atoms with van der Waals surface area (Å²) in [6, 6.07) is 0.604. The van der Waals surface area contributed by atoms with Crippen LogP contribution in [-0.4, -0.2) is 34.8 Å². The molecule has 5 nitrogen and oxygen atoms in total. The highest BCUT2D eigenvalue weighted by Gasteiger charge is 2.32. The van der Waals surface area contributed by atoms with Gasteiger partial charge in [0.2, 0.25) is 0 Å². The fourth-order valence-corrected chi connectivity index (χ4v) is 2.63. The van der Waals surface area contributed by atoms with Gasteiger partial charge in [-0.05, 0) is 32.2 Å². The van der Waals surface area contributed by atoms with Crippen molar-refractivity contribution in [1.29, 1.82) is 0 Å². The first-order chi connectivity index (χ1) is 8.40. The average molecular weight is 236 g/mol. The molecule has 1 aromatic rings. The monoisotopic (exact) mass is 236 g/mol. The molecule has 1 aliphatic heterocycles. The molecule has 0 unspecified atom stereocenters. The van der Waals surface area contributed by atoms with E-state index in [1.54, 1.807) is 0 Å². The molecule has 0 aromatic carbocycles. The highest BCUT2D eigenvalue weighted by Crippen LogP contribution is 2.39. The number of hydrogen-bond acceptors (Lipinski definition) is 4. The number of nitrogens with two attached hydrogens (primary N) is 1. The number of hydrogen-bond donors (Lipinski definition) is 1. The Morgan fingerprint density at radius 2 is 2.00 bits per heavy atom. The quantitative estimate of drug-likeness (QED) is 0.847. The molecule has 1 aromatic heterocycles. The molecule has 17 heavy (non-hydrogen) atoms. The Balaban J connectivity index is 1.89. The van der Waals surface area contributed by atoms with Crippen molar-refractivity contribution in [3.8, 4) is 0 Å². The van der Waals surface area contributed by atoms with Crippen molar-refractivity contribution < 1.29 is 4.74 Å². The van der Waals surface area contributed by atoms with E-state index in [1.807, 2.05) is 0 Å². The number of ether oxygens (including phenoxy) is 1. The first-order valence-electron chi connectivity index (χ1n) is 6.62. The molecule has 2 fully saturated rings. The van der Waals surface area contributed by atoms with Gasteiger partial charge in [-0.2, -0.15) is 0 Å². The van der Waals surface area contributed by atoms with Crippen LogP contribution in [-0.2, 0) is 11.2 Å². The summed E-state index contributed by atoms with van der Waals surface area (Å²) < 4.78 is 7.61. The van der Waals surface area contributed by atoms with E-state index in [0.29, 0.717) is 18.5 Å². The summed E-state index contributed by atoms with van der Waals surface area (Å²) in [4.78, 5) is 0. The third-order valence-electron chi connectivity index (χ3n) is 3.69. The molecule has 0 atom stereocenters. The molecule has 2 heterocycles. The van der Waals surface area contributed by atoms with Gasteiger partial charge < -0.3 is 10.5 Å². The van der Waals surface area contributed by atoms with Crippen molar-refractivity contribution in [2.75, 3.05) is 19.8 Å². The zero-order chi connectivity index (χ0) is 11.7. The summed E-state index contributed by atoms with van der Waals surface area (Å²) in [5, 5.41) is 8.68. The smallest absolute Gasteiger partial charge is 0.0874 e. The predicted molar refractivity (Wildman–Crippen MR) is 63.8 cm³/mol. The largest absolute Gasteiger partial charge is 0.381 e. The minimum atomic E-state index is 0.570. The van der Waals surface area contributed by atoms with Crippen LogP contribution in [0.1, 0.15) is 49.0 Å². The Morgan fingerprint density at radius 3 is 2.65 bits per heavy atom. The molecule has 1 saturated carbocycles. The molecule has 2 aliphatic rings. The molecule has 5 heteroatoms. The van der Waals surface area contributed by atoms with Crippen molar-refractivity contribution in [1.82, 2.24) is 15.0 Å². The topological polar surface area (TPSA) is 66.0 Å². The average Bonchev–Trinajstić information content (AvgIpc) is 3.13. The third-order valence-corrected chi connectivity index (χ3v) is 3.69. The SMILES string of the molecule is NCCc1nnn(C2CC2)c1C1CCOCC1. The molecule has 2 N–H and O–H groups in total. The lowest BCUT2D eigenvalue weighted by atomic mass is 9.94. The van der Waals surface area contributed by atoms with Gasteiger partial charge in [0.15, 0.2) is 0 Å². The number of aromatic nitrogens is 3. The van der Waals surface area contributed by atoms with Crippen molar-refractivity contribution in [2.24, 2.45) is 5.73 Å². The van der Waals surface area contributed by atoms with Gasteiger partial charge in [0.05, 0.1) is 17.4 Å². The van der Waals surface area contributed by atoms with Gasteiger partial charge in [0.1, 0.15) is 0 Å². The van der Waals surface area contributed by atoms with Crippen LogP contribution in [0.5, 0.6) is 0 Å². The fourth-order valence-electron chi connectivity index (χ4n) is 2.63. The van der Waals surface area contributed by atoms with Crippen molar-refractivity contribution in [3.63, 3.8) is 0 Å². The Hall–Kier alpha value is -0.940. The minimum absolute atomic E-state index is 0.570. The van der Waals surface area contributed by atoms with E-state index in [-0.39, 0.29) is 0 Å². The van der Waals surface area contributed by atoms with E-state index in [4.69, 9.17) is 10.5 Å². The maximum atomic E-state index is 5.66. The second kappa shape index (κ2) is 4.74. The zero-order valence-corrected chi connectivity index (χ0v) is 10.1. The first kappa shape index (κ1) is 11.2. The van der Waals surface area contributed by atoms with Crippen LogP contribution in [0.4, 0.5) is 0 Å². The van der Waals surface area contributed by atoms with Crippen LogP contribution in [0.3, 0.4) is 0 Å². The molecule has 1 saturated heterocycles. The standard InChI is InChI=1S/C12H20N4O/c13-6-3-11-12(9-4-7-17-8-5-9)16(15-14-11)10-1-2-10/h9-10H,1-8,13H2. The molecule has 3 rings (SSSR count). The maximum Gasteiger partial charge on any atom is 0.0874 e. The zero-order valence-electron chi connectivity index (χ0n) is 10.1. The van der Waals surface area contributed by atoms with Gasteiger partial charge >= 0.3 is 0 Å². The van der Waals surface area contributed by atoms with Crippen LogP contribution in [0, 0.1) is 0 Å². The highest BCUT2D eigenvalue weighted by molar-refractivity contribution is 5.18. The third kappa shape index (κ3) is 2.21. The molecule has 94 valence electrons. The van der Waals surface area contributed by atoms with Crippen molar-refractivity contribution in [2.45, 2.75) is 44.1 Å². The molecule has 1 aliphatic carbocycles. The summed E-state index contributed by atoms with van der Waals surface area (Å²) in [6.45, 7) is 2.38. The van der Waals surface area contributed by atoms with Crippen molar-refractivity contribution in [3.05, 3.63) is 11.4 Å². The molecule has 0 bridgehead atoms. The van der Waals surface area contributed by atoms with Gasteiger partial charge in [-0.1, -0.05) is 5.21 Å². The summed E-state index contributed by atoms with van der Waals surface area (Å²) in [5.74, 6) is 0.570. The van der Waals surface area contributed by atoms with E-state index in [0.717, 1.165) is 38.2 Å². The van der Waals surface area contributed by atoms with E-state index >= 15 is 0 Å². The Morgan fingerprint density at radius 1 is 1.24 bits per heavy atom. The van der Waals surface area contributed by atoms with Gasteiger partial charge in [0.25, 0.3) is 0 Å². The van der Waals surface area contributed by atoms with Crippen LogP contribution >= 0.6 is 0 Å². The van der Waals surface area contributed by atoms with Gasteiger partial charge in [-0.25, -0.2) is 4.68 Å². The summed E-state index contributed by atoms with van der Waals surface area (Å²) in [6.07, 6.45) is 5.54. The van der Waals surface area contributed by atoms with E-state index in [9.17, 15) is 0 Å². The van der Waals surface area contributed by atoms with Crippen LogP contribution in [0.25, 0.3) is 0 Å². The van der Waals surface area contributed by atoms with Crippen LogP contribution in [0.15, 0.2) is 0 Å². The Labute approximate surface area is 101 Å². The highest BCUT2D eigenvalue weighted by atomic mass is 16.5. The lowest BCUT2D eigenvalue weighted by Gasteiger charge is -2.23. The van der Waals surface area contributed by atoms with E-state index in [2.05, 4.69) is 15.0 Å². The van der Waals surface area contributed by atoms with E-state index in [1.165, 1.54) is 18.5 Å². The normalized spacial score (nSPS) is 21.9. The minimum Gasteiger partial charge on any atom is -0.381 e. The lowest BCUT2D eigenvalue weighted by molar-refractivity contribution is 0.0833. The number of nitrogens with zero attached hydrogens (tertiary/aromatic N) is 3. The van der Waals surface area contributed by atoms with Crippen LogP contribution in [0.2, 0.25) is 0 Å². The lowest BCUT2D eigenvalue weighted by Crippen LogP contribution is -2.19. The Kier molecular flexibility index (Phi) is 3.11. The van der Waals surface area contributed by atoms with E-state index < -0.39 is 0 Å². The summed E-state index contributed by atoms with van der Waals surface area (Å²) >= 11 is 0. The fraction of sp³-hybridized carbons (Fsp3) is 0.833. The molecule has 0 amide bonds. The predicted octanol–water partition coefficient (Wildman–Crippen LogP) is 1.01. The van der Waals surface area contributed by atoms with Gasteiger partial charge in [-0.15, -0.1) is 5.10 Å². The second-order valence-electron chi connectivity index (χ2n) is 5.02. The summed E-state index contributed by atoms with van der Waals surface area (Å²) in [7, 11) is 0. The molecular weight excluding hydrogens is 216 g/mol. The van der Waals surface area contributed by atoms with Gasteiger partial charge in [0, 0.05) is 25.6 Å². The first-order valence-corrected chi connectivity index (χ1v) is 6.62. The van der Waals surface area contributed by atoms with Gasteiger partial charge in [-0.3, -0.25) is 0 Å². The van der Waals surface area contributed by atoms with Crippen molar-refractivity contribution >= 4 is 0 Å².